The molecule has 0 saturated carbocycles. The van der Waals surface area contributed by atoms with Crippen LogP contribution in [0.15, 0.2) is 11.6 Å². The molecule has 1 unspecified atom stereocenters. The number of esters is 1. The first-order chi connectivity index (χ1) is 7.74. The van der Waals surface area contributed by atoms with Gasteiger partial charge in [-0.2, -0.15) is 0 Å². The van der Waals surface area contributed by atoms with Crippen LogP contribution in [0.5, 0.6) is 0 Å². The van der Waals surface area contributed by atoms with Crippen molar-refractivity contribution in [3.8, 4) is 0 Å². The predicted molar refractivity (Wildman–Crippen MR) is 65.2 cm³/mol. The lowest BCUT2D eigenvalue weighted by Gasteiger charge is -2.14. The molecule has 16 heavy (non-hydrogen) atoms. The van der Waals surface area contributed by atoms with Crippen molar-refractivity contribution in [3.05, 3.63) is 11.6 Å². The zero-order valence-corrected chi connectivity index (χ0v) is 10.4. The second-order valence-corrected chi connectivity index (χ2v) is 4.49. The van der Waals surface area contributed by atoms with Crippen molar-refractivity contribution in [2.45, 2.75) is 39.0 Å². The Labute approximate surface area is 98.2 Å². The largest absolute Gasteiger partial charge is 0.469 e. The van der Waals surface area contributed by atoms with Crippen LogP contribution in [-0.4, -0.2) is 26.2 Å². The van der Waals surface area contributed by atoms with Crippen molar-refractivity contribution >= 4 is 5.97 Å². The summed E-state index contributed by atoms with van der Waals surface area (Å²) in [4.78, 5) is 11.1. The van der Waals surface area contributed by atoms with Crippen molar-refractivity contribution in [1.82, 2.24) is 5.32 Å². The Bertz CT molecular complexity index is 248. The molecule has 0 radical (unpaired) electrons. The highest BCUT2D eigenvalue weighted by Gasteiger charge is 2.11. The van der Waals surface area contributed by atoms with E-state index in [1.54, 1.807) is 5.57 Å². The minimum absolute atomic E-state index is 0.0506. The highest BCUT2D eigenvalue weighted by Crippen LogP contribution is 2.19. The van der Waals surface area contributed by atoms with E-state index in [1.165, 1.54) is 32.8 Å². The minimum Gasteiger partial charge on any atom is -0.469 e. The van der Waals surface area contributed by atoms with Crippen LogP contribution in [0.25, 0.3) is 0 Å². The third-order valence-corrected chi connectivity index (χ3v) is 3.06. The number of carbonyl (C=O) groups excluding carboxylic acids is 1. The third kappa shape index (κ3) is 4.79. The fourth-order valence-electron chi connectivity index (χ4n) is 1.98. The average Bonchev–Trinajstić information content (AvgIpc) is 2.34. The molecule has 1 rings (SSSR count). The summed E-state index contributed by atoms with van der Waals surface area (Å²) >= 11 is 0. The smallest absolute Gasteiger partial charge is 0.309 e. The summed E-state index contributed by atoms with van der Waals surface area (Å²) < 4.78 is 4.67. The van der Waals surface area contributed by atoms with E-state index < -0.39 is 0 Å². The van der Waals surface area contributed by atoms with Gasteiger partial charge >= 0.3 is 5.97 Å². The van der Waals surface area contributed by atoms with E-state index in [2.05, 4.69) is 16.1 Å². The standard InChI is InChI=1S/C13H23NO2/c1-11(13(15)16-2)10-14-9-8-12-6-4-3-5-7-12/h6,11,14H,3-5,7-10H2,1-2H3. The summed E-state index contributed by atoms with van der Waals surface area (Å²) in [6, 6.07) is 0. The van der Waals surface area contributed by atoms with E-state index in [4.69, 9.17) is 0 Å². The molecule has 0 saturated heterocycles. The van der Waals surface area contributed by atoms with Crippen LogP contribution in [0.1, 0.15) is 39.0 Å². The summed E-state index contributed by atoms with van der Waals surface area (Å²) in [6.45, 7) is 3.56. The Morgan fingerprint density at radius 3 is 3.00 bits per heavy atom. The SMILES string of the molecule is COC(=O)C(C)CNCCC1=CCCCC1. The molecule has 1 aliphatic rings. The molecule has 0 heterocycles. The molecule has 1 atom stereocenters. The maximum atomic E-state index is 11.1. The molecule has 1 N–H and O–H groups in total. The van der Waals surface area contributed by atoms with E-state index >= 15 is 0 Å². The topological polar surface area (TPSA) is 38.3 Å². The van der Waals surface area contributed by atoms with Crippen molar-refractivity contribution in [2.24, 2.45) is 5.92 Å². The Morgan fingerprint density at radius 2 is 2.38 bits per heavy atom. The van der Waals surface area contributed by atoms with Gasteiger partial charge in [0.1, 0.15) is 0 Å². The van der Waals surface area contributed by atoms with Crippen LogP contribution in [0.3, 0.4) is 0 Å². The first kappa shape index (κ1) is 13.2. The molecule has 1 aliphatic carbocycles. The van der Waals surface area contributed by atoms with Gasteiger partial charge in [-0.15, -0.1) is 0 Å². The van der Waals surface area contributed by atoms with Gasteiger partial charge in [0, 0.05) is 6.54 Å². The van der Waals surface area contributed by atoms with E-state index in [0.717, 1.165) is 13.0 Å². The Morgan fingerprint density at radius 1 is 1.56 bits per heavy atom. The van der Waals surface area contributed by atoms with Gasteiger partial charge in [-0.1, -0.05) is 18.6 Å². The first-order valence-corrected chi connectivity index (χ1v) is 6.20. The Hall–Kier alpha value is -0.830. The summed E-state index contributed by atoms with van der Waals surface area (Å²) in [6.07, 6.45) is 8.67. The molecule has 3 heteroatoms. The Kier molecular flexibility index (Phi) is 6.16. The van der Waals surface area contributed by atoms with Gasteiger partial charge in [0.25, 0.3) is 0 Å². The number of methoxy groups -OCH3 is 1. The fraction of sp³-hybridized carbons (Fsp3) is 0.769. The molecule has 0 aromatic carbocycles. The molecule has 0 spiro atoms. The lowest BCUT2D eigenvalue weighted by atomic mass is 9.97. The number of hydrogen-bond donors (Lipinski definition) is 1. The van der Waals surface area contributed by atoms with Crippen LogP contribution in [0.4, 0.5) is 0 Å². The molecule has 0 aliphatic heterocycles. The van der Waals surface area contributed by atoms with Gasteiger partial charge < -0.3 is 10.1 Å². The predicted octanol–water partition coefficient (Wildman–Crippen LogP) is 2.28. The van der Waals surface area contributed by atoms with Gasteiger partial charge in [0.15, 0.2) is 0 Å². The van der Waals surface area contributed by atoms with Gasteiger partial charge in [0.2, 0.25) is 0 Å². The van der Waals surface area contributed by atoms with E-state index in [9.17, 15) is 4.79 Å². The summed E-state index contributed by atoms with van der Waals surface area (Å²) in [5, 5.41) is 3.31. The molecular formula is C13H23NO2. The molecular weight excluding hydrogens is 202 g/mol. The number of nitrogens with one attached hydrogen (secondary N) is 1. The molecule has 0 bridgehead atoms. The van der Waals surface area contributed by atoms with Crippen molar-refractivity contribution in [3.63, 3.8) is 0 Å². The molecule has 0 fully saturated rings. The first-order valence-electron chi connectivity index (χ1n) is 6.20. The van der Waals surface area contributed by atoms with Crippen molar-refractivity contribution in [2.75, 3.05) is 20.2 Å². The maximum absolute atomic E-state index is 11.1. The third-order valence-electron chi connectivity index (χ3n) is 3.06. The summed E-state index contributed by atoms with van der Waals surface area (Å²) in [5.74, 6) is -0.185. The molecule has 0 amide bonds. The number of rotatable bonds is 6. The number of ether oxygens (including phenoxy) is 1. The maximum Gasteiger partial charge on any atom is 0.309 e. The molecule has 92 valence electrons. The molecule has 3 nitrogen and oxygen atoms in total. The van der Waals surface area contributed by atoms with Crippen molar-refractivity contribution < 1.29 is 9.53 Å². The average molecular weight is 225 g/mol. The lowest BCUT2D eigenvalue weighted by molar-refractivity contribution is -0.144. The van der Waals surface area contributed by atoms with Crippen LogP contribution in [0.2, 0.25) is 0 Å². The van der Waals surface area contributed by atoms with Crippen LogP contribution in [0, 0.1) is 5.92 Å². The second-order valence-electron chi connectivity index (χ2n) is 4.49. The number of allylic oxidation sites excluding steroid dienone is 1. The Balaban J connectivity index is 2.07. The van der Waals surface area contributed by atoms with E-state index in [1.807, 2.05) is 6.92 Å². The van der Waals surface area contributed by atoms with Gasteiger partial charge in [-0.05, 0) is 38.6 Å². The zero-order chi connectivity index (χ0) is 11.8. The zero-order valence-electron chi connectivity index (χ0n) is 10.4. The molecule has 0 aromatic rings. The summed E-state index contributed by atoms with van der Waals surface area (Å²) in [5.41, 5.74) is 1.57. The molecule has 0 aromatic heterocycles. The summed E-state index contributed by atoms with van der Waals surface area (Å²) in [7, 11) is 1.44. The van der Waals surface area contributed by atoms with Gasteiger partial charge in [0.05, 0.1) is 13.0 Å². The lowest BCUT2D eigenvalue weighted by Crippen LogP contribution is -2.28. The van der Waals surface area contributed by atoms with Crippen LogP contribution >= 0.6 is 0 Å². The quantitative estimate of drug-likeness (QED) is 0.428. The number of carbonyl (C=O) groups is 1. The number of hydrogen-bond acceptors (Lipinski definition) is 3. The fourth-order valence-corrected chi connectivity index (χ4v) is 1.98. The van der Waals surface area contributed by atoms with Gasteiger partial charge in [-0.3, -0.25) is 4.79 Å². The normalized spacial score (nSPS) is 17.8. The highest BCUT2D eigenvalue weighted by molar-refractivity contribution is 5.71. The monoisotopic (exact) mass is 225 g/mol. The van der Waals surface area contributed by atoms with Crippen LogP contribution in [-0.2, 0) is 9.53 Å². The van der Waals surface area contributed by atoms with Crippen LogP contribution < -0.4 is 5.32 Å². The minimum atomic E-state index is -0.135. The van der Waals surface area contributed by atoms with E-state index in [-0.39, 0.29) is 11.9 Å². The van der Waals surface area contributed by atoms with Crippen molar-refractivity contribution in [1.29, 1.82) is 0 Å². The van der Waals surface area contributed by atoms with E-state index in [0.29, 0.717) is 6.54 Å². The van der Waals surface area contributed by atoms with Gasteiger partial charge in [-0.25, -0.2) is 0 Å². The second kappa shape index (κ2) is 7.44. The highest BCUT2D eigenvalue weighted by atomic mass is 16.5.